The van der Waals surface area contributed by atoms with Crippen LogP contribution in [0.2, 0.25) is 0 Å². The summed E-state index contributed by atoms with van der Waals surface area (Å²) in [4.78, 5) is 39.9. The highest BCUT2D eigenvalue weighted by molar-refractivity contribution is 5.90. The van der Waals surface area contributed by atoms with E-state index >= 15 is 0 Å². The van der Waals surface area contributed by atoms with Crippen molar-refractivity contribution >= 4 is 18.0 Å². The monoisotopic (exact) mass is 344 g/mol. The Bertz CT molecular complexity index is 474. The molecule has 1 saturated heterocycles. The SMILES string of the molecule is COC(=O)[C@H]1[C@@H](C(=O)N(C)CCO)CCCN1C(=O)OC(C)(C)C. The number of aliphatic hydroxyl groups is 1. The number of carbonyl (C=O) groups excluding carboxylic acids is 3. The van der Waals surface area contributed by atoms with Gasteiger partial charge in [0.05, 0.1) is 19.6 Å². The third kappa shape index (κ3) is 5.09. The molecule has 8 heteroatoms. The largest absolute Gasteiger partial charge is 0.467 e. The maximum absolute atomic E-state index is 12.6. The van der Waals surface area contributed by atoms with E-state index < -0.39 is 29.6 Å². The van der Waals surface area contributed by atoms with Gasteiger partial charge in [0.15, 0.2) is 0 Å². The lowest BCUT2D eigenvalue weighted by Crippen LogP contribution is -2.57. The number of piperidine rings is 1. The molecule has 0 aromatic carbocycles. The molecule has 1 aliphatic rings. The van der Waals surface area contributed by atoms with Crippen molar-refractivity contribution in [2.75, 3.05) is 33.9 Å². The zero-order valence-electron chi connectivity index (χ0n) is 15.1. The number of ether oxygens (including phenoxy) is 2. The van der Waals surface area contributed by atoms with Gasteiger partial charge in [-0.15, -0.1) is 0 Å². The van der Waals surface area contributed by atoms with Gasteiger partial charge in [-0.05, 0) is 33.6 Å². The average molecular weight is 344 g/mol. The first kappa shape index (κ1) is 20.2. The van der Waals surface area contributed by atoms with Crippen molar-refractivity contribution in [3.05, 3.63) is 0 Å². The van der Waals surface area contributed by atoms with Crippen LogP contribution in [0.25, 0.3) is 0 Å². The highest BCUT2D eigenvalue weighted by Gasteiger charge is 2.45. The summed E-state index contributed by atoms with van der Waals surface area (Å²) < 4.78 is 10.2. The number of methoxy groups -OCH3 is 1. The molecule has 0 spiro atoms. The molecule has 24 heavy (non-hydrogen) atoms. The van der Waals surface area contributed by atoms with Crippen LogP contribution in [0.1, 0.15) is 33.6 Å². The molecule has 0 aromatic rings. The van der Waals surface area contributed by atoms with Crippen molar-refractivity contribution < 1.29 is 29.0 Å². The second kappa shape index (κ2) is 8.32. The van der Waals surface area contributed by atoms with Crippen LogP contribution in [0.15, 0.2) is 0 Å². The van der Waals surface area contributed by atoms with E-state index in [1.165, 1.54) is 16.9 Å². The van der Waals surface area contributed by atoms with E-state index in [0.29, 0.717) is 19.4 Å². The Hall–Kier alpha value is -1.83. The van der Waals surface area contributed by atoms with E-state index in [1.807, 2.05) is 0 Å². The van der Waals surface area contributed by atoms with E-state index in [0.717, 1.165) is 0 Å². The molecule has 0 aromatic heterocycles. The fraction of sp³-hybridized carbons (Fsp3) is 0.812. The summed E-state index contributed by atoms with van der Waals surface area (Å²) in [7, 11) is 2.78. The van der Waals surface area contributed by atoms with E-state index in [9.17, 15) is 14.4 Å². The van der Waals surface area contributed by atoms with Crippen LogP contribution in [-0.2, 0) is 19.1 Å². The van der Waals surface area contributed by atoms with Gasteiger partial charge < -0.3 is 19.5 Å². The molecule has 0 aliphatic carbocycles. The minimum absolute atomic E-state index is 0.162. The van der Waals surface area contributed by atoms with Gasteiger partial charge in [0.1, 0.15) is 11.6 Å². The van der Waals surface area contributed by atoms with Crippen LogP contribution in [0.4, 0.5) is 4.79 Å². The van der Waals surface area contributed by atoms with E-state index in [1.54, 1.807) is 27.8 Å². The highest BCUT2D eigenvalue weighted by Crippen LogP contribution is 2.28. The van der Waals surface area contributed by atoms with Crippen LogP contribution in [0, 0.1) is 5.92 Å². The number of amides is 2. The van der Waals surface area contributed by atoms with Crippen LogP contribution in [0.5, 0.6) is 0 Å². The Labute approximate surface area is 142 Å². The molecule has 8 nitrogen and oxygen atoms in total. The summed E-state index contributed by atoms with van der Waals surface area (Å²) in [5.41, 5.74) is -0.706. The predicted octanol–water partition coefficient (Wildman–Crippen LogP) is 0.626. The number of likely N-dealkylation sites (tertiary alicyclic amines) is 1. The maximum Gasteiger partial charge on any atom is 0.411 e. The van der Waals surface area contributed by atoms with Gasteiger partial charge in [0.2, 0.25) is 5.91 Å². The third-order valence-electron chi connectivity index (χ3n) is 3.83. The Morgan fingerprint density at radius 2 is 1.92 bits per heavy atom. The minimum atomic E-state index is -1.02. The molecule has 1 N–H and O–H groups in total. The average Bonchev–Trinajstić information content (AvgIpc) is 2.51. The molecule has 138 valence electrons. The summed E-state index contributed by atoms with van der Waals surface area (Å²) in [5, 5.41) is 9.00. The topological polar surface area (TPSA) is 96.4 Å². The van der Waals surface area contributed by atoms with Gasteiger partial charge >= 0.3 is 12.1 Å². The fourth-order valence-corrected chi connectivity index (χ4v) is 2.74. The van der Waals surface area contributed by atoms with Crippen molar-refractivity contribution in [2.24, 2.45) is 5.92 Å². The smallest absolute Gasteiger partial charge is 0.411 e. The number of likely N-dealkylation sites (N-methyl/N-ethyl adjacent to an activating group) is 1. The molecule has 1 heterocycles. The normalized spacial score (nSPS) is 21.2. The summed E-state index contributed by atoms with van der Waals surface area (Å²) >= 11 is 0. The molecule has 0 radical (unpaired) electrons. The van der Waals surface area contributed by atoms with Crippen LogP contribution in [0.3, 0.4) is 0 Å². The number of esters is 1. The van der Waals surface area contributed by atoms with Crippen molar-refractivity contribution in [1.82, 2.24) is 9.80 Å². The standard InChI is InChI=1S/C16H28N2O6/c1-16(2,3)24-15(22)18-8-6-7-11(12(18)14(21)23-5)13(20)17(4)9-10-19/h11-12,19H,6-10H2,1-5H3/t11-,12+/m0/s1. The first-order chi connectivity index (χ1) is 11.1. The van der Waals surface area contributed by atoms with E-state index in [4.69, 9.17) is 14.6 Å². The van der Waals surface area contributed by atoms with Gasteiger partial charge in [0, 0.05) is 20.1 Å². The summed E-state index contributed by atoms with van der Waals surface area (Å²) in [5.74, 6) is -1.65. The van der Waals surface area contributed by atoms with Crippen LogP contribution < -0.4 is 0 Å². The first-order valence-electron chi connectivity index (χ1n) is 8.05. The number of hydrogen-bond acceptors (Lipinski definition) is 6. The van der Waals surface area contributed by atoms with Crippen molar-refractivity contribution in [3.8, 4) is 0 Å². The van der Waals surface area contributed by atoms with Crippen LogP contribution in [-0.4, -0.2) is 78.4 Å². The van der Waals surface area contributed by atoms with Crippen molar-refractivity contribution in [3.63, 3.8) is 0 Å². The van der Waals surface area contributed by atoms with Gasteiger partial charge in [-0.1, -0.05) is 0 Å². The zero-order valence-corrected chi connectivity index (χ0v) is 15.1. The Morgan fingerprint density at radius 1 is 1.29 bits per heavy atom. The molecule has 0 unspecified atom stereocenters. The van der Waals surface area contributed by atoms with Gasteiger partial charge in [0.25, 0.3) is 0 Å². The quantitative estimate of drug-likeness (QED) is 0.751. The number of carbonyl (C=O) groups is 3. The highest BCUT2D eigenvalue weighted by atomic mass is 16.6. The predicted molar refractivity (Wildman–Crippen MR) is 86.2 cm³/mol. The van der Waals surface area contributed by atoms with Crippen molar-refractivity contribution in [1.29, 1.82) is 0 Å². The molecule has 0 saturated carbocycles. The summed E-state index contributed by atoms with van der Waals surface area (Å²) in [6.45, 7) is 5.52. The second-order valence-corrected chi connectivity index (χ2v) is 6.87. The molecule has 0 bridgehead atoms. The van der Waals surface area contributed by atoms with Gasteiger partial charge in [-0.3, -0.25) is 9.69 Å². The lowest BCUT2D eigenvalue weighted by Gasteiger charge is -2.40. The minimum Gasteiger partial charge on any atom is -0.467 e. The third-order valence-corrected chi connectivity index (χ3v) is 3.83. The van der Waals surface area contributed by atoms with Crippen LogP contribution >= 0.6 is 0 Å². The molecule has 2 amide bonds. The summed E-state index contributed by atoms with van der Waals surface area (Å²) in [6.07, 6.45) is 0.407. The number of rotatable bonds is 4. The Morgan fingerprint density at radius 3 is 2.42 bits per heavy atom. The summed E-state index contributed by atoms with van der Waals surface area (Å²) in [6, 6.07) is -1.02. The lowest BCUT2D eigenvalue weighted by atomic mass is 9.88. The molecule has 1 rings (SSSR count). The lowest BCUT2D eigenvalue weighted by molar-refractivity contribution is -0.156. The maximum atomic E-state index is 12.6. The molecule has 2 atom stereocenters. The molecular weight excluding hydrogens is 316 g/mol. The number of aliphatic hydroxyl groups excluding tert-OH is 1. The Balaban J connectivity index is 3.05. The zero-order chi connectivity index (χ0) is 18.5. The first-order valence-corrected chi connectivity index (χ1v) is 8.05. The van der Waals surface area contributed by atoms with Crippen molar-refractivity contribution in [2.45, 2.75) is 45.3 Å². The Kier molecular flexibility index (Phi) is 7.01. The number of hydrogen-bond donors (Lipinski definition) is 1. The van der Waals surface area contributed by atoms with Gasteiger partial charge in [-0.25, -0.2) is 9.59 Å². The fourth-order valence-electron chi connectivity index (χ4n) is 2.74. The molecule has 1 aliphatic heterocycles. The van der Waals surface area contributed by atoms with E-state index in [-0.39, 0.29) is 19.1 Å². The van der Waals surface area contributed by atoms with Gasteiger partial charge in [-0.2, -0.15) is 0 Å². The molecule has 1 fully saturated rings. The van der Waals surface area contributed by atoms with E-state index in [2.05, 4.69) is 0 Å². The number of nitrogens with zero attached hydrogens (tertiary/aromatic N) is 2. The second-order valence-electron chi connectivity index (χ2n) is 6.87. The molecular formula is C16H28N2O6.